The zero-order chi connectivity index (χ0) is 21.0. The summed E-state index contributed by atoms with van der Waals surface area (Å²) in [5, 5.41) is 1.75. The third-order valence-electron chi connectivity index (χ3n) is 5.25. The number of hydrogen-bond acceptors (Lipinski definition) is 5. The van der Waals surface area contributed by atoms with Crippen LogP contribution in [0.15, 0.2) is 64.4 Å². The molecule has 2 aromatic heterocycles. The standard InChI is InChI=1S/C21H24N4O3S2/c26-19(16-25-12-10-22-21(25)18-7-2-1-3-8-18)24-11-4-6-17(15-24)14-23-30(27,28)20-9-5-13-29-20/h1-3,5,7-10,12-13,17,23H,4,6,11,14-16H2. The van der Waals surface area contributed by atoms with Crippen molar-refractivity contribution in [3.05, 3.63) is 60.2 Å². The van der Waals surface area contributed by atoms with E-state index >= 15 is 0 Å². The Bertz CT molecular complexity index is 1080. The van der Waals surface area contributed by atoms with E-state index in [9.17, 15) is 13.2 Å². The first-order chi connectivity index (χ1) is 14.5. The van der Waals surface area contributed by atoms with Gasteiger partial charge in [0, 0.05) is 37.6 Å². The molecule has 158 valence electrons. The molecule has 1 unspecified atom stereocenters. The van der Waals surface area contributed by atoms with E-state index in [1.807, 2.05) is 46.0 Å². The molecule has 1 aliphatic heterocycles. The Kier molecular flexibility index (Phi) is 6.31. The first-order valence-corrected chi connectivity index (χ1v) is 12.3. The van der Waals surface area contributed by atoms with E-state index in [-0.39, 0.29) is 18.4 Å². The van der Waals surface area contributed by atoms with Gasteiger partial charge in [0.05, 0.1) is 0 Å². The van der Waals surface area contributed by atoms with Crippen LogP contribution >= 0.6 is 11.3 Å². The van der Waals surface area contributed by atoms with Crippen molar-refractivity contribution in [3.8, 4) is 11.4 Å². The number of imidazole rings is 1. The molecule has 1 atom stereocenters. The first kappa shape index (κ1) is 20.8. The Hall–Kier alpha value is -2.49. The number of carbonyl (C=O) groups is 1. The molecule has 1 aliphatic rings. The molecule has 7 nitrogen and oxygen atoms in total. The van der Waals surface area contributed by atoms with E-state index in [0.29, 0.717) is 23.8 Å². The summed E-state index contributed by atoms with van der Waals surface area (Å²) in [6.07, 6.45) is 5.29. The van der Waals surface area contributed by atoms with Gasteiger partial charge in [-0.25, -0.2) is 18.1 Å². The Labute approximate surface area is 180 Å². The summed E-state index contributed by atoms with van der Waals surface area (Å²) in [6.45, 7) is 1.81. The van der Waals surface area contributed by atoms with Crippen molar-refractivity contribution in [2.45, 2.75) is 23.6 Å². The Morgan fingerprint density at radius 3 is 2.80 bits per heavy atom. The highest BCUT2D eigenvalue weighted by Crippen LogP contribution is 2.21. The van der Waals surface area contributed by atoms with Gasteiger partial charge in [0.15, 0.2) is 0 Å². The van der Waals surface area contributed by atoms with Crippen molar-refractivity contribution in [1.29, 1.82) is 0 Å². The molecule has 3 heterocycles. The molecule has 30 heavy (non-hydrogen) atoms. The van der Waals surface area contributed by atoms with Crippen LogP contribution in [0, 0.1) is 5.92 Å². The van der Waals surface area contributed by atoms with Crippen molar-refractivity contribution in [3.63, 3.8) is 0 Å². The molecule has 4 rings (SSSR count). The highest BCUT2D eigenvalue weighted by atomic mass is 32.2. The lowest BCUT2D eigenvalue weighted by atomic mass is 9.98. The number of likely N-dealkylation sites (tertiary alicyclic amines) is 1. The maximum atomic E-state index is 12.9. The van der Waals surface area contributed by atoms with Crippen molar-refractivity contribution in [2.24, 2.45) is 5.92 Å². The highest BCUT2D eigenvalue weighted by molar-refractivity contribution is 7.91. The van der Waals surface area contributed by atoms with Crippen molar-refractivity contribution >= 4 is 27.3 Å². The number of hydrogen-bond donors (Lipinski definition) is 1. The number of aromatic nitrogens is 2. The van der Waals surface area contributed by atoms with E-state index in [2.05, 4.69) is 9.71 Å². The molecule has 1 fully saturated rings. The minimum absolute atomic E-state index is 0.0241. The van der Waals surface area contributed by atoms with E-state index in [0.717, 1.165) is 24.2 Å². The lowest BCUT2D eigenvalue weighted by Gasteiger charge is -2.33. The van der Waals surface area contributed by atoms with Gasteiger partial charge in [-0.1, -0.05) is 36.4 Å². The predicted molar refractivity (Wildman–Crippen MR) is 116 cm³/mol. The highest BCUT2D eigenvalue weighted by Gasteiger charge is 2.26. The van der Waals surface area contributed by atoms with Crippen LogP contribution in [0.3, 0.4) is 0 Å². The van der Waals surface area contributed by atoms with Gasteiger partial charge >= 0.3 is 0 Å². The summed E-state index contributed by atoms with van der Waals surface area (Å²) in [6, 6.07) is 13.1. The lowest BCUT2D eigenvalue weighted by Crippen LogP contribution is -2.44. The zero-order valence-electron chi connectivity index (χ0n) is 16.5. The molecular weight excluding hydrogens is 420 g/mol. The van der Waals surface area contributed by atoms with E-state index < -0.39 is 10.0 Å². The molecule has 1 amide bonds. The molecule has 1 N–H and O–H groups in total. The maximum absolute atomic E-state index is 12.9. The summed E-state index contributed by atoms with van der Waals surface area (Å²) >= 11 is 1.20. The second-order valence-corrected chi connectivity index (χ2v) is 10.3. The largest absolute Gasteiger partial charge is 0.341 e. The number of benzene rings is 1. The molecule has 1 saturated heterocycles. The number of rotatable bonds is 7. The molecule has 0 aliphatic carbocycles. The van der Waals surface area contributed by atoms with E-state index in [4.69, 9.17) is 0 Å². The van der Waals surface area contributed by atoms with Crippen LogP contribution in [0.1, 0.15) is 12.8 Å². The van der Waals surface area contributed by atoms with Crippen molar-refractivity contribution in [2.75, 3.05) is 19.6 Å². The summed E-state index contributed by atoms with van der Waals surface area (Å²) in [7, 11) is -3.48. The quantitative estimate of drug-likeness (QED) is 0.607. The van der Waals surface area contributed by atoms with Gasteiger partial charge in [0.2, 0.25) is 15.9 Å². The lowest BCUT2D eigenvalue weighted by molar-refractivity contribution is -0.133. The molecule has 0 bridgehead atoms. The SMILES string of the molecule is O=C(Cn1ccnc1-c1ccccc1)N1CCCC(CNS(=O)(=O)c2cccs2)C1. The second kappa shape index (κ2) is 9.11. The summed E-state index contributed by atoms with van der Waals surface area (Å²) in [5.74, 6) is 0.894. The van der Waals surface area contributed by atoms with Crippen LogP contribution in [0.25, 0.3) is 11.4 Å². The van der Waals surface area contributed by atoms with Crippen LogP contribution in [0.4, 0.5) is 0 Å². The fourth-order valence-electron chi connectivity index (χ4n) is 3.70. The van der Waals surface area contributed by atoms with Crippen LogP contribution in [0.2, 0.25) is 0 Å². The monoisotopic (exact) mass is 444 g/mol. The average Bonchev–Trinajstić information content (AvgIpc) is 3.46. The minimum Gasteiger partial charge on any atom is -0.341 e. The summed E-state index contributed by atoms with van der Waals surface area (Å²) in [4.78, 5) is 19.2. The topological polar surface area (TPSA) is 84.3 Å². The summed E-state index contributed by atoms with van der Waals surface area (Å²) in [5.41, 5.74) is 0.967. The molecule has 0 saturated carbocycles. The number of nitrogens with one attached hydrogen (secondary N) is 1. The van der Waals surface area contributed by atoms with E-state index in [1.54, 1.807) is 23.7 Å². The molecular formula is C21H24N4O3S2. The van der Waals surface area contributed by atoms with Gasteiger partial charge in [-0.05, 0) is 30.2 Å². The number of sulfonamides is 1. The van der Waals surface area contributed by atoms with Crippen molar-refractivity contribution in [1.82, 2.24) is 19.2 Å². The normalized spacial score (nSPS) is 17.2. The molecule has 0 spiro atoms. The van der Waals surface area contributed by atoms with Gasteiger partial charge in [-0.3, -0.25) is 4.79 Å². The third-order valence-corrected chi connectivity index (χ3v) is 8.07. The average molecular weight is 445 g/mol. The van der Waals surface area contributed by atoms with Gasteiger partial charge in [0.1, 0.15) is 16.6 Å². The molecule has 3 aromatic rings. The van der Waals surface area contributed by atoms with Gasteiger partial charge < -0.3 is 9.47 Å². The third kappa shape index (κ3) is 4.80. The number of nitrogens with zero attached hydrogens (tertiary/aromatic N) is 3. The van der Waals surface area contributed by atoms with Gasteiger partial charge in [0.25, 0.3) is 0 Å². The van der Waals surface area contributed by atoms with Gasteiger partial charge in [-0.2, -0.15) is 0 Å². The number of piperidine rings is 1. The predicted octanol–water partition coefficient (Wildman–Crippen LogP) is 2.83. The summed E-state index contributed by atoms with van der Waals surface area (Å²) < 4.78 is 29.6. The number of carbonyl (C=O) groups excluding carboxylic acids is 1. The van der Waals surface area contributed by atoms with Gasteiger partial charge in [-0.15, -0.1) is 11.3 Å². The smallest absolute Gasteiger partial charge is 0.250 e. The zero-order valence-corrected chi connectivity index (χ0v) is 18.1. The minimum atomic E-state index is -3.48. The van der Waals surface area contributed by atoms with Crippen LogP contribution < -0.4 is 4.72 Å². The fourth-order valence-corrected chi connectivity index (χ4v) is 5.86. The van der Waals surface area contributed by atoms with E-state index in [1.165, 1.54) is 11.3 Å². The Morgan fingerprint density at radius 2 is 2.03 bits per heavy atom. The van der Waals surface area contributed by atoms with Crippen LogP contribution in [-0.2, 0) is 21.4 Å². The van der Waals surface area contributed by atoms with Crippen molar-refractivity contribution < 1.29 is 13.2 Å². The Balaban J connectivity index is 1.36. The fraction of sp³-hybridized carbons (Fsp3) is 0.333. The number of thiophene rings is 1. The first-order valence-electron chi connectivity index (χ1n) is 9.90. The Morgan fingerprint density at radius 1 is 1.20 bits per heavy atom. The molecule has 0 radical (unpaired) electrons. The molecule has 9 heteroatoms. The number of amides is 1. The molecule has 1 aromatic carbocycles. The second-order valence-electron chi connectivity index (χ2n) is 7.38. The maximum Gasteiger partial charge on any atom is 0.250 e. The van der Waals surface area contributed by atoms with Crippen LogP contribution in [0.5, 0.6) is 0 Å². The van der Waals surface area contributed by atoms with Crippen LogP contribution in [-0.4, -0.2) is 48.4 Å².